The van der Waals surface area contributed by atoms with Gasteiger partial charge in [0.1, 0.15) is 0 Å². The van der Waals surface area contributed by atoms with E-state index in [1.165, 1.54) is 12.1 Å². The average Bonchev–Trinajstić information content (AvgIpc) is 2.88. The van der Waals surface area contributed by atoms with Crippen LogP contribution >= 0.6 is 0 Å². The second-order valence-corrected chi connectivity index (χ2v) is 5.63. The van der Waals surface area contributed by atoms with E-state index in [2.05, 4.69) is 4.98 Å². The molecule has 3 aromatic rings. The summed E-state index contributed by atoms with van der Waals surface area (Å²) >= 11 is 0. The first-order valence-corrected chi connectivity index (χ1v) is 7.40. The van der Waals surface area contributed by atoms with E-state index in [-0.39, 0.29) is 17.2 Å². The molecule has 0 amide bonds. The maximum atomic E-state index is 11.2. The van der Waals surface area contributed by atoms with Crippen molar-refractivity contribution in [2.75, 3.05) is 6.54 Å². The minimum atomic E-state index is -0.483. The first-order chi connectivity index (χ1) is 11.5. The van der Waals surface area contributed by atoms with E-state index in [0.717, 1.165) is 22.2 Å². The molecular weight excluding hydrogens is 310 g/mol. The van der Waals surface area contributed by atoms with Crippen LogP contribution in [0.25, 0.3) is 10.9 Å². The predicted molar refractivity (Wildman–Crippen MR) is 89.8 cm³/mol. The molecule has 0 saturated carbocycles. The number of nitrogens with zero attached hydrogens (tertiary/aromatic N) is 2. The van der Waals surface area contributed by atoms with Gasteiger partial charge in [0.25, 0.3) is 5.69 Å². The van der Waals surface area contributed by atoms with Crippen LogP contribution in [-0.2, 0) is 0 Å². The molecule has 0 radical (unpaired) electrons. The van der Waals surface area contributed by atoms with Gasteiger partial charge in [-0.2, -0.15) is 0 Å². The Balaban J connectivity index is 2.13. The van der Waals surface area contributed by atoms with Crippen LogP contribution in [0.4, 0.5) is 5.69 Å². The molecule has 2 aromatic carbocycles. The van der Waals surface area contributed by atoms with Crippen molar-refractivity contribution >= 4 is 16.6 Å². The van der Waals surface area contributed by atoms with E-state index in [1.807, 2.05) is 31.2 Å². The highest BCUT2D eigenvalue weighted by Crippen LogP contribution is 2.34. The summed E-state index contributed by atoms with van der Waals surface area (Å²) < 4.78 is 0. The zero-order chi connectivity index (χ0) is 17.3. The number of nitro benzene ring substituents is 1. The van der Waals surface area contributed by atoms with Crippen molar-refractivity contribution in [1.82, 2.24) is 4.98 Å². The van der Waals surface area contributed by atoms with Crippen LogP contribution in [0, 0.1) is 27.2 Å². The summed E-state index contributed by atoms with van der Waals surface area (Å²) in [6.07, 6.45) is 0. The van der Waals surface area contributed by atoms with Crippen LogP contribution in [0.2, 0.25) is 0 Å². The molecule has 1 heterocycles. The van der Waals surface area contributed by atoms with Gasteiger partial charge in [0.2, 0.25) is 6.54 Å². The number of aromatic nitrogens is 1. The van der Waals surface area contributed by atoms with E-state index in [9.17, 15) is 20.2 Å². The monoisotopic (exact) mass is 325 g/mol. The number of para-hydroxylation sites is 1. The number of H-pyrrole nitrogens is 1. The Labute approximate surface area is 137 Å². The molecule has 1 atom stereocenters. The summed E-state index contributed by atoms with van der Waals surface area (Å²) in [6.45, 7) is 1.61. The minimum Gasteiger partial charge on any atom is -0.358 e. The maximum Gasteiger partial charge on any atom is 0.269 e. The second kappa shape index (κ2) is 6.11. The van der Waals surface area contributed by atoms with Gasteiger partial charge in [-0.05, 0) is 24.1 Å². The number of fused-ring (bicyclic) bond motifs is 1. The van der Waals surface area contributed by atoms with Crippen LogP contribution in [0.3, 0.4) is 0 Å². The predicted octanol–water partition coefficient (Wildman–Crippen LogP) is 3.79. The van der Waals surface area contributed by atoms with Crippen molar-refractivity contribution in [3.8, 4) is 0 Å². The van der Waals surface area contributed by atoms with Gasteiger partial charge in [0.05, 0.1) is 10.8 Å². The lowest BCUT2D eigenvalue weighted by molar-refractivity contribution is -0.481. The number of nitro groups is 2. The summed E-state index contributed by atoms with van der Waals surface area (Å²) in [6, 6.07) is 13.6. The third kappa shape index (κ3) is 2.83. The highest BCUT2D eigenvalue weighted by atomic mass is 16.6. The van der Waals surface area contributed by atoms with Crippen LogP contribution in [-0.4, -0.2) is 21.4 Å². The minimum absolute atomic E-state index is 0.0331. The fourth-order valence-corrected chi connectivity index (χ4v) is 3.09. The molecule has 0 unspecified atom stereocenters. The molecule has 0 saturated heterocycles. The molecule has 0 aliphatic heterocycles. The molecular formula is C17H15N3O4. The summed E-state index contributed by atoms with van der Waals surface area (Å²) in [5.74, 6) is -0.475. The maximum absolute atomic E-state index is 11.2. The number of benzene rings is 2. The Kier molecular flexibility index (Phi) is 3.99. The van der Waals surface area contributed by atoms with Crippen LogP contribution in [0.5, 0.6) is 0 Å². The topological polar surface area (TPSA) is 102 Å². The van der Waals surface area contributed by atoms with Crippen molar-refractivity contribution < 1.29 is 9.85 Å². The number of aryl methyl sites for hydroxylation is 1. The molecule has 1 N–H and O–H groups in total. The van der Waals surface area contributed by atoms with Crippen LogP contribution in [0.1, 0.15) is 22.7 Å². The van der Waals surface area contributed by atoms with Crippen LogP contribution < -0.4 is 0 Å². The number of non-ortho nitro benzene ring substituents is 1. The Morgan fingerprint density at radius 1 is 1.04 bits per heavy atom. The van der Waals surface area contributed by atoms with Crippen molar-refractivity contribution in [3.05, 3.63) is 85.6 Å². The highest BCUT2D eigenvalue weighted by Gasteiger charge is 2.25. The number of rotatable bonds is 5. The molecule has 3 rings (SSSR count). The fraction of sp³-hybridized carbons (Fsp3) is 0.176. The van der Waals surface area contributed by atoms with Crippen molar-refractivity contribution in [1.29, 1.82) is 0 Å². The van der Waals surface area contributed by atoms with Gasteiger partial charge in [-0.1, -0.05) is 30.3 Å². The van der Waals surface area contributed by atoms with Gasteiger partial charge in [0, 0.05) is 33.7 Å². The van der Waals surface area contributed by atoms with Gasteiger partial charge in [-0.25, -0.2) is 0 Å². The largest absolute Gasteiger partial charge is 0.358 e. The lowest BCUT2D eigenvalue weighted by Crippen LogP contribution is -2.14. The van der Waals surface area contributed by atoms with Crippen molar-refractivity contribution in [2.24, 2.45) is 0 Å². The first-order valence-electron chi connectivity index (χ1n) is 7.40. The smallest absolute Gasteiger partial charge is 0.269 e. The molecule has 7 heteroatoms. The number of nitrogens with one attached hydrogen (secondary N) is 1. The van der Waals surface area contributed by atoms with Crippen molar-refractivity contribution in [2.45, 2.75) is 12.8 Å². The normalized spacial score (nSPS) is 12.2. The molecule has 0 aliphatic rings. The highest BCUT2D eigenvalue weighted by molar-refractivity contribution is 5.85. The SMILES string of the molecule is Cc1[nH]c2ccccc2c1[C@H](C[N+](=O)[O-])c1ccc([N+](=O)[O-])cc1. The van der Waals surface area contributed by atoms with E-state index in [0.29, 0.717) is 5.56 Å². The molecule has 7 nitrogen and oxygen atoms in total. The quantitative estimate of drug-likeness (QED) is 0.569. The molecule has 0 bridgehead atoms. The lowest BCUT2D eigenvalue weighted by Gasteiger charge is -2.14. The summed E-state index contributed by atoms with van der Waals surface area (Å²) in [5, 5.41) is 22.9. The van der Waals surface area contributed by atoms with E-state index < -0.39 is 10.8 Å². The second-order valence-electron chi connectivity index (χ2n) is 5.63. The van der Waals surface area contributed by atoms with Gasteiger partial charge < -0.3 is 4.98 Å². The Morgan fingerprint density at radius 2 is 1.71 bits per heavy atom. The third-order valence-corrected chi connectivity index (χ3v) is 4.13. The molecule has 0 spiro atoms. The third-order valence-electron chi connectivity index (χ3n) is 4.13. The summed E-state index contributed by atoms with van der Waals surface area (Å²) in [7, 11) is 0. The Hall–Kier alpha value is -3.22. The van der Waals surface area contributed by atoms with Gasteiger partial charge in [0.15, 0.2) is 0 Å². The number of aromatic amines is 1. The van der Waals surface area contributed by atoms with Crippen molar-refractivity contribution in [3.63, 3.8) is 0 Å². The fourth-order valence-electron chi connectivity index (χ4n) is 3.09. The molecule has 1 aromatic heterocycles. The number of hydrogen-bond acceptors (Lipinski definition) is 4. The van der Waals surface area contributed by atoms with Gasteiger partial charge in [-0.15, -0.1) is 0 Å². The Bertz CT molecular complexity index is 915. The molecule has 0 aliphatic carbocycles. The van der Waals surface area contributed by atoms with E-state index in [4.69, 9.17) is 0 Å². The first kappa shape index (κ1) is 15.7. The zero-order valence-electron chi connectivity index (χ0n) is 12.9. The van der Waals surface area contributed by atoms with Gasteiger partial charge >= 0.3 is 0 Å². The molecule has 0 fully saturated rings. The Morgan fingerprint density at radius 3 is 2.33 bits per heavy atom. The van der Waals surface area contributed by atoms with Gasteiger partial charge in [-0.3, -0.25) is 20.2 Å². The standard InChI is InChI=1S/C17H15N3O4/c1-11-17(14-4-2-3-5-16(14)18-11)15(10-19(21)22)12-6-8-13(9-7-12)20(23)24/h2-9,15,18H,10H2,1H3/t15-/m1/s1. The van der Waals surface area contributed by atoms with Crippen LogP contribution in [0.15, 0.2) is 48.5 Å². The van der Waals surface area contributed by atoms with E-state index >= 15 is 0 Å². The zero-order valence-corrected chi connectivity index (χ0v) is 12.9. The average molecular weight is 325 g/mol. The number of hydrogen-bond donors (Lipinski definition) is 1. The summed E-state index contributed by atoms with van der Waals surface area (Å²) in [5.41, 5.74) is 3.29. The molecule has 24 heavy (non-hydrogen) atoms. The van der Waals surface area contributed by atoms with E-state index in [1.54, 1.807) is 12.1 Å². The molecule has 122 valence electrons. The lowest BCUT2D eigenvalue weighted by atomic mass is 9.89. The summed E-state index contributed by atoms with van der Waals surface area (Å²) in [4.78, 5) is 24.4.